The van der Waals surface area contributed by atoms with Gasteiger partial charge in [-0.1, -0.05) is 29.8 Å². The van der Waals surface area contributed by atoms with Crippen LogP contribution in [0.5, 0.6) is 0 Å². The molecule has 3 nitrogen and oxygen atoms in total. The summed E-state index contributed by atoms with van der Waals surface area (Å²) in [6.07, 6.45) is 1.81. The summed E-state index contributed by atoms with van der Waals surface area (Å²) in [7, 11) is 0. The van der Waals surface area contributed by atoms with E-state index in [1.807, 2.05) is 30.5 Å². The van der Waals surface area contributed by atoms with Gasteiger partial charge in [0.2, 0.25) is 0 Å². The maximum Gasteiger partial charge on any atom is 0.0743 e. The van der Waals surface area contributed by atoms with E-state index in [1.54, 1.807) is 0 Å². The van der Waals surface area contributed by atoms with Gasteiger partial charge in [-0.15, -0.1) is 0 Å². The highest BCUT2D eigenvalue weighted by Gasteiger charge is 2.08. The van der Waals surface area contributed by atoms with Crippen molar-refractivity contribution in [1.82, 2.24) is 4.98 Å². The van der Waals surface area contributed by atoms with Crippen molar-refractivity contribution in [2.24, 2.45) is 0 Å². The van der Waals surface area contributed by atoms with E-state index < -0.39 is 0 Å². The summed E-state index contributed by atoms with van der Waals surface area (Å²) in [6.45, 7) is 4.26. The molecule has 1 atom stereocenters. The van der Waals surface area contributed by atoms with Gasteiger partial charge in [0.25, 0.3) is 0 Å². The number of aryl methyl sites for hydroxylation is 1. The molecule has 0 saturated heterocycles. The van der Waals surface area contributed by atoms with E-state index in [4.69, 9.17) is 5.73 Å². The van der Waals surface area contributed by atoms with E-state index in [0.717, 1.165) is 22.3 Å². The van der Waals surface area contributed by atoms with E-state index in [9.17, 15) is 0 Å². The predicted octanol–water partition coefficient (Wildman–Crippen LogP) is 4.30. The molecule has 0 aliphatic heterocycles. The van der Waals surface area contributed by atoms with Gasteiger partial charge in [0.15, 0.2) is 0 Å². The van der Waals surface area contributed by atoms with Crippen molar-refractivity contribution < 1.29 is 0 Å². The van der Waals surface area contributed by atoms with Crippen molar-refractivity contribution in [2.45, 2.75) is 19.9 Å². The van der Waals surface area contributed by atoms with Crippen LogP contribution in [0.1, 0.15) is 24.1 Å². The van der Waals surface area contributed by atoms with Crippen molar-refractivity contribution in [3.05, 3.63) is 65.9 Å². The van der Waals surface area contributed by atoms with Crippen molar-refractivity contribution >= 4 is 22.3 Å². The predicted molar refractivity (Wildman–Crippen MR) is 89.4 cm³/mol. The Hall–Kier alpha value is -2.55. The number of aromatic nitrogens is 1. The van der Waals surface area contributed by atoms with Gasteiger partial charge in [-0.3, -0.25) is 4.98 Å². The van der Waals surface area contributed by atoms with E-state index in [1.165, 1.54) is 11.1 Å². The van der Waals surface area contributed by atoms with E-state index in [2.05, 4.69) is 48.4 Å². The third kappa shape index (κ3) is 2.82. The molecule has 1 aromatic heterocycles. The number of nitrogen functional groups attached to an aromatic ring is 1. The van der Waals surface area contributed by atoms with Crippen molar-refractivity contribution in [3.63, 3.8) is 0 Å². The summed E-state index contributed by atoms with van der Waals surface area (Å²) < 4.78 is 0. The zero-order valence-electron chi connectivity index (χ0n) is 12.3. The lowest BCUT2D eigenvalue weighted by Crippen LogP contribution is -2.07. The molecule has 3 aromatic rings. The van der Waals surface area contributed by atoms with Gasteiger partial charge >= 0.3 is 0 Å². The second-order valence-electron chi connectivity index (χ2n) is 5.41. The molecule has 1 unspecified atom stereocenters. The van der Waals surface area contributed by atoms with Crippen LogP contribution in [0.3, 0.4) is 0 Å². The number of fused-ring (bicyclic) bond motifs is 1. The zero-order valence-corrected chi connectivity index (χ0v) is 12.3. The number of hydrogen-bond donors (Lipinski definition) is 2. The van der Waals surface area contributed by atoms with Crippen LogP contribution in [0.25, 0.3) is 10.9 Å². The third-order valence-electron chi connectivity index (χ3n) is 3.72. The topological polar surface area (TPSA) is 50.9 Å². The van der Waals surface area contributed by atoms with E-state index >= 15 is 0 Å². The number of hydrogen-bond acceptors (Lipinski definition) is 3. The first-order valence-corrected chi connectivity index (χ1v) is 7.11. The summed E-state index contributed by atoms with van der Waals surface area (Å²) >= 11 is 0. The molecule has 3 rings (SSSR count). The van der Waals surface area contributed by atoms with Gasteiger partial charge in [-0.05, 0) is 43.7 Å². The van der Waals surface area contributed by atoms with Crippen molar-refractivity contribution in [3.8, 4) is 0 Å². The number of rotatable bonds is 3. The second kappa shape index (κ2) is 5.44. The van der Waals surface area contributed by atoms with Crippen LogP contribution in [-0.2, 0) is 0 Å². The molecule has 0 spiro atoms. The maximum atomic E-state index is 5.82. The van der Waals surface area contributed by atoms with E-state index in [0.29, 0.717) is 0 Å². The lowest BCUT2D eigenvalue weighted by Gasteiger charge is -2.17. The van der Waals surface area contributed by atoms with Crippen LogP contribution in [0, 0.1) is 6.92 Å². The number of pyridine rings is 1. The first-order valence-electron chi connectivity index (χ1n) is 7.11. The van der Waals surface area contributed by atoms with Crippen molar-refractivity contribution in [2.75, 3.05) is 11.1 Å². The Kier molecular flexibility index (Phi) is 3.48. The fourth-order valence-corrected chi connectivity index (χ4v) is 2.46. The number of nitrogens with zero attached hydrogens (tertiary/aromatic N) is 1. The number of nitrogens with one attached hydrogen (secondary N) is 1. The van der Waals surface area contributed by atoms with Crippen molar-refractivity contribution in [1.29, 1.82) is 0 Å². The molecule has 106 valence electrons. The number of nitrogens with two attached hydrogens (primary N) is 1. The molecule has 21 heavy (non-hydrogen) atoms. The standard InChI is InChI=1S/C18H19N3/c1-12-3-5-14(6-4-12)13(2)21-17-9-10-20-18-11-15(19)7-8-16(17)18/h3-11,13H,19H2,1-2H3,(H,20,21). The van der Waals surface area contributed by atoms with Crippen LogP contribution in [-0.4, -0.2) is 4.98 Å². The molecule has 0 aliphatic carbocycles. The molecule has 1 heterocycles. The highest BCUT2D eigenvalue weighted by Crippen LogP contribution is 2.27. The minimum atomic E-state index is 0.230. The fraction of sp³-hybridized carbons (Fsp3) is 0.167. The summed E-state index contributed by atoms with van der Waals surface area (Å²) in [5.74, 6) is 0. The lowest BCUT2D eigenvalue weighted by molar-refractivity contribution is 0.885. The number of anilines is 2. The minimum absolute atomic E-state index is 0.230. The summed E-state index contributed by atoms with van der Waals surface area (Å²) in [5, 5.41) is 4.65. The lowest BCUT2D eigenvalue weighted by atomic mass is 10.1. The molecular weight excluding hydrogens is 258 g/mol. The molecule has 0 bridgehead atoms. The van der Waals surface area contributed by atoms with Gasteiger partial charge in [-0.2, -0.15) is 0 Å². The third-order valence-corrected chi connectivity index (χ3v) is 3.72. The monoisotopic (exact) mass is 277 g/mol. The second-order valence-corrected chi connectivity index (χ2v) is 5.41. The Morgan fingerprint density at radius 3 is 2.57 bits per heavy atom. The quantitative estimate of drug-likeness (QED) is 0.702. The molecule has 0 fully saturated rings. The van der Waals surface area contributed by atoms with Crippen LogP contribution in [0.4, 0.5) is 11.4 Å². The average Bonchev–Trinajstić information content (AvgIpc) is 2.47. The number of benzene rings is 2. The van der Waals surface area contributed by atoms with Crippen LogP contribution in [0.15, 0.2) is 54.7 Å². The zero-order chi connectivity index (χ0) is 14.8. The Bertz CT molecular complexity index is 763. The van der Waals surface area contributed by atoms with Gasteiger partial charge in [-0.25, -0.2) is 0 Å². The Balaban J connectivity index is 1.92. The fourth-order valence-electron chi connectivity index (χ4n) is 2.46. The van der Waals surface area contributed by atoms with Gasteiger partial charge in [0, 0.05) is 29.0 Å². The van der Waals surface area contributed by atoms with Crippen LogP contribution >= 0.6 is 0 Å². The van der Waals surface area contributed by atoms with Gasteiger partial charge < -0.3 is 11.1 Å². The Morgan fingerprint density at radius 1 is 1.05 bits per heavy atom. The van der Waals surface area contributed by atoms with Gasteiger partial charge in [0.1, 0.15) is 0 Å². The minimum Gasteiger partial charge on any atom is -0.399 e. The Labute approximate surface area is 124 Å². The van der Waals surface area contributed by atoms with Crippen LogP contribution < -0.4 is 11.1 Å². The Morgan fingerprint density at radius 2 is 1.81 bits per heavy atom. The van der Waals surface area contributed by atoms with Gasteiger partial charge in [0.05, 0.1) is 5.52 Å². The molecule has 0 radical (unpaired) electrons. The maximum absolute atomic E-state index is 5.82. The summed E-state index contributed by atoms with van der Waals surface area (Å²) in [4.78, 5) is 4.37. The normalized spacial score (nSPS) is 12.3. The highest BCUT2D eigenvalue weighted by atomic mass is 14.9. The molecular formula is C18H19N3. The molecule has 0 amide bonds. The SMILES string of the molecule is Cc1ccc(C(C)Nc2ccnc3cc(N)ccc23)cc1. The first-order chi connectivity index (χ1) is 10.1. The summed E-state index contributed by atoms with van der Waals surface area (Å²) in [6, 6.07) is 16.7. The van der Waals surface area contributed by atoms with Crippen LogP contribution in [0.2, 0.25) is 0 Å². The van der Waals surface area contributed by atoms with E-state index in [-0.39, 0.29) is 6.04 Å². The molecule has 2 aromatic carbocycles. The molecule has 3 N–H and O–H groups in total. The molecule has 3 heteroatoms. The largest absolute Gasteiger partial charge is 0.399 e. The summed E-state index contributed by atoms with van der Waals surface area (Å²) in [5.41, 5.74) is 11.1. The molecule has 0 aliphatic rings. The highest BCUT2D eigenvalue weighted by molar-refractivity contribution is 5.92. The smallest absolute Gasteiger partial charge is 0.0743 e. The molecule has 0 saturated carbocycles. The first kappa shape index (κ1) is 13.4. The average molecular weight is 277 g/mol.